The lowest BCUT2D eigenvalue weighted by Gasteiger charge is -2.11. The summed E-state index contributed by atoms with van der Waals surface area (Å²) in [7, 11) is -4.12. The fraction of sp³-hybridized carbons (Fsp3) is 0. The van der Waals surface area contributed by atoms with Crippen LogP contribution in [0, 0.1) is 0 Å². The van der Waals surface area contributed by atoms with Crippen LogP contribution in [0.25, 0.3) is 6.08 Å². The molecule has 3 aromatic rings. The van der Waals surface area contributed by atoms with Gasteiger partial charge in [0.25, 0.3) is 0 Å². The Labute approximate surface area is 208 Å². The molecule has 30 heavy (non-hydrogen) atoms. The molecule has 2 N–H and O–H groups in total. The number of hydrogen-bond acceptors (Lipinski definition) is 4. The molecular weight excluding hydrogens is 666 g/mol. The van der Waals surface area contributed by atoms with Gasteiger partial charge in [0.2, 0.25) is 15.6 Å². The molecule has 0 aliphatic carbocycles. The molecule has 4 nitrogen and oxygen atoms in total. The minimum absolute atomic E-state index is 0.00930. The van der Waals surface area contributed by atoms with Crippen LogP contribution < -0.4 is 5.73 Å². The largest absolute Gasteiger partial charge is 0.397 e. The standard InChI is InChI=1S/C21H13Br4NO3S/c22-14-3-1-12(2-4-14)21(27)19(10-13-9-16(24)11-18(25)20(13)26)30(28,29)17-7-5-15(23)6-8-17/h1-11H,26H2/b19-10+. The Bertz CT molecular complexity index is 1250. The average Bonchev–Trinajstić information content (AvgIpc) is 2.69. The first-order valence-electron chi connectivity index (χ1n) is 8.37. The van der Waals surface area contributed by atoms with Crippen molar-refractivity contribution in [2.45, 2.75) is 4.90 Å². The third-order valence-corrected chi connectivity index (χ3v) is 8.10. The number of carbonyl (C=O) groups is 1. The van der Waals surface area contributed by atoms with Gasteiger partial charge >= 0.3 is 0 Å². The third-order valence-electron chi connectivity index (χ3n) is 4.16. The van der Waals surface area contributed by atoms with Gasteiger partial charge in [-0.25, -0.2) is 8.42 Å². The fourth-order valence-electron chi connectivity index (χ4n) is 2.61. The Kier molecular flexibility index (Phi) is 7.40. The molecule has 0 radical (unpaired) electrons. The Hall–Kier alpha value is -1.26. The second-order valence-corrected chi connectivity index (χ2v) is 11.7. The molecule has 0 bridgehead atoms. The van der Waals surface area contributed by atoms with Crippen molar-refractivity contribution >= 4 is 91.1 Å². The van der Waals surface area contributed by atoms with Crippen molar-refractivity contribution in [3.8, 4) is 0 Å². The third kappa shape index (κ3) is 5.13. The highest BCUT2D eigenvalue weighted by molar-refractivity contribution is 9.11. The van der Waals surface area contributed by atoms with Gasteiger partial charge in [0, 0.05) is 29.0 Å². The van der Waals surface area contributed by atoms with E-state index in [1.165, 1.54) is 18.2 Å². The van der Waals surface area contributed by atoms with Crippen molar-refractivity contribution in [3.63, 3.8) is 0 Å². The van der Waals surface area contributed by atoms with Gasteiger partial charge in [0.1, 0.15) is 4.91 Å². The van der Waals surface area contributed by atoms with Crippen molar-refractivity contribution in [3.05, 3.63) is 94.6 Å². The van der Waals surface area contributed by atoms with Crippen molar-refractivity contribution in [2.24, 2.45) is 0 Å². The molecule has 0 aliphatic heterocycles. The van der Waals surface area contributed by atoms with E-state index in [9.17, 15) is 13.2 Å². The Balaban J connectivity index is 2.25. The van der Waals surface area contributed by atoms with Gasteiger partial charge < -0.3 is 5.73 Å². The van der Waals surface area contributed by atoms with E-state index < -0.39 is 15.6 Å². The molecule has 154 valence electrons. The summed E-state index contributed by atoms with van der Waals surface area (Å²) in [4.78, 5) is 12.9. The molecular formula is C21H13Br4NO3S. The van der Waals surface area contributed by atoms with E-state index in [1.807, 2.05) is 0 Å². The number of benzene rings is 3. The number of nitrogen functional groups attached to an aromatic ring is 1. The smallest absolute Gasteiger partial charge is 0.210 e. The van der Waals surface area contributed by atoms with Crippen molar-refractivity contribution in [2.75, 3.05) is 5.73 Å². The predicted molar refractivity (Wildman–Crippen MR) is 134 cm³/mol. The zero-order valence-corrected chi connectivity index (χ0v) is 22.2. The van der Waals surface area contributed by atoms with Gasteiger partial charge in [-0.2, -0.15) is 0 Å². The van der Waals surface area contributed by atoms with Gasteiger partial charge in [-0.15, -0.1) is 0 Å². The second-order valence-electron chi connectivity index (χ2n) is 6.19. The van der Waals surface area contributed by atoms with Gasteiger partial charge in [-0.1, -0.05) is 47.8 Å². The van der Waals surface area contributed by atoms with Gasteiger partial charge in [0.15, 0.2) is 0 Å². The summed E-state index contributed by atoms with van der Waals surface area (Å²) in [5.41, 5.74) is 7.10. The van der Waals surface area contributed by atoms with E-state index in [2.05, 4.69) is 63.7 Å². The molecule has 3 rings (SSSR count). The minimum atomic E-state index is -4.12. The lowest BCUT2D eigenvalue weighted by molar-refractivity contribution is 0.104. The maximum Gasteiger partial charge on any atom is 0.210 e. The maximum atomic E-state index is 13.4. The van der Waals surface area contributed by atoms with Crippen LogP contribution in [-0.2, 0) is 9.84 Å². The molecule has 0 aliphatic rings. The molecule has 3 aromatic carbocycles. The Morgan fingerprint density at radius 3 is 1.90 bits per heavy atom. The summed E-state index contributed by atoms with van der Waals surface area (Å²) in [6.07, 6.45) is 1.31. The zero-order valence-electron chi connectivity index (χ0n) is 15.1. The number of Topliss-reactive ketones (excluding diaryl/α,β-unsaturated/α-hetero) is 1. The van der Waals surface area contributed by atoms with Crippen LogP contribution in [-0.4, -0.2) is 14.2 Å². The molecule has 9 heteroatoms. The summed E-state index contributed by atoms with van der Waals surface area (Å²) in [5.74, 6) is -0.624. The minimum Gasteiger partial charge on any atom is -0.397 e. The molecule has 0 heterocycles. The number of rotatable bonds is 5. The molecule has 0 fully saturated rings. The number of carbonyl (C=O) groups excluding carboxylic acids is 1. The van der Waals surface area contributed by atoms with E-state index in [1.54, 1.807) is 48.5 Å². The highest BCUT2D eigenvalue weighted by atomic mass is 79.9. The summed E-state index contributed by atoms with van der Waals surface area (Å²) >= 11 is 13.3. The number of sulfone groups is 1. The molecule has 0 saturated heterocycles. The van der Waals surface area contributed by atoms with Gasteiger partial charge in [-0.05, 0) is 82.7 Å². The first-order chi connectivity index (χ1) is 14.1. The summed E-state index contributed by atoms with van der Waals surface area (Å²) in [6, 6.07) is 16.0. The first kappa shape index (κ1) is 23.4. The van der Waals surface area contributed by atoms with E-state index in [4.69, 9.17) is 5.73 Å². The van der Waals surface area contributed by atoms with Crippen LogP contribution in [0.15, 0.2) is 88.4 Å². The SMILES string of the molecule is Nc1c(Br)cc(Br)cc1/C=C(\C(=O)c1ccc(Br)cc1)S(=O)(=O)c1ccc(Br)cc1. The Morgan fingerprint density at radius 1 is 0.800 bits per heavy atom. The molecule has 0 spiro atoms. The van der Waals surface area contributed by atoms with Gasteiger partial charge in [0.05, 0.1) is 10.6 Å². The summed E-state index contributed by atoms with van der Waals surface area (Å²) in [6.45, 7) is 0. The normalized spacial score (nSPS) is 12.1. The molecule has 0 unspecified atom stereocenters. The maximum absolute atomic E-state index is 13.4. The predicted octanol–water partition coefficient (Wildman–Crippen LogP) is 7.02. The topological polar surface area (TPSA) is 77.2 Å². The van der Waals surface area contributed by atoms with Crippen LogP contribution in [0.4, 0.5) is 5.69 Å². The van der Waals surface area contributed by atoms with E-state index in [0.717, 1.165) is 8.95 Å². The van der Waals surface area contributed by atoms with Crippen LogP contribution in [0.1, 0.15) is 15.9 Å². The Morgan fingerprint density at radius 2 is 1.33 bits per heavy atom. The van der Waals surface area contributed by atoms with E-state index in [0.29, 0.717) is 20.2 Å². The number of ketones is 1. The van der Waals surface area contributed by atoms with Gasteiger partial charge in [-0.3, -0.25) is 4.79 Å². The number of allylic oxidation sites excluding steroid dienone is 1. The molecule has 0 amide bonds. The van der Waals surface area contributed by atoms with Crippen molar-refractivity contribution in [1.29, 1.82) is 0 Å². The fourth-order valence-corrected chi connectivity index (χ4v) is 5.79. The van der Waals surface area contributed by atoms with Crippen LogP contribution >= 0.6 is 63.7 Å². The highest BCUT2D eigenvalue weighted by Crippen LogP contribution is 2.33. The molecule has 0 atom stereocenters. The van der Waals surface area contributed by atoms with Crippen molar-refractivity contribution < 1.29 is 13.2 Å². The van der Waals surface area contributed by atoms with E-state index in [-0.39, 0.29) is 15.4 Å². The van der Waals surface area contributed by atoms with Crippen LogP contribution in [0.2, 0.25) is 0 Å². The number of nitrogens with two attached hydrogens (primary N) is 1. The number of hydrogen-bond donors (Lipinski definition) is 1. The summed E-state index contributed by atoms with van der Waals surface area (Å²) in [5, 5.41) is 0. The molecule has 0 saturated carbocycles. The highest BCUT2D eigenvalue weighted by Gasteiger charge is 2.28. The van der Waals surface area contributed by atoms with E-state index >= 15 is 0 Å². The van der Waals surface area contributed by atoms with Crippen molar-refractivity contribution in [1.82, 2.24) is 0 Å². The second kappa shape index (κ2) is 9.48. The lowest BCUT2D eigenvalue weighted by Crippen LogP contribution is -2.15. The monoisotopic (exact) mass is 675 g/mol. The number of anilines is 1. The van der Waals surface area contributed by atoms with Crippen LogP contribution in [0.3, 0.4) is 0 Å². The number of halogens is 4. The average molecular weight is 679 g/mol. The quantitative estimate of drug-likeness (QED) is 0.179. The zero-order chi connectivity index (χ0) is 22.1. The first-order valence-corrected chi connectivity index (χ1v) is 13.0. The molecule has 0 aromatic heterocycles. The summed E-state index contributed by atoms with van der Waals surface area (Å²) < 4.78 is 29.6. The van der Waals surface area contributed by atoms with Crippen LogP contribution in [0.5, 0.6) is 0 Å². The lowest BCUT2D eigenvalue weighted by atomic mass is 10.1.